The Kier molecular flexibility index (Phi) is 2.11. The van der Waals surface area contributed by atoms with Gasteiger partial charge in [0.25, 0.3) is 0 Å². The van der Waals surface area contributed by atoms with E-state index in [4.69, 9.17) is 11.5 Å². The summed E-state index contributed by atoms with van der Waals surface area (Å²) in [6.07, 6.45) is 2.44. The zero-order valence-corrected chi connectivity index (χ0v) is 9.27. The lowest BCUT2D eigenvalue weighted by molar-refractivity contribution is 0.988. The van der Waals surface area contributed by atoms with E-state index in [1.807, 2.05) is 6.07 Å². The predicted molar refractivity (Wildman–Crippen MR) is 67.4 cm³/mol. The summed E-state index contributed by atoms with van der Waals surface area (Å²) in [5.74, 6) is 0.677. The van der Waals surface area contributed by atoms with Crippen LogP contribution in [0.2, 0.25) is 0 Å². The molecular formula is C12H13N5. The molecule has 1 aromatic heterocycles. The first kappa shape index (κ1) is 9.89. The molecule has 1 aliphatic rings. The van der Waals surface area contributed by atoms with Gasteiger partial charge < -0.3 is 16.8 Å². The van der Waals surface area contributed by atoms with Gasteiger partial charge in [-0.05, 0) is 17.2 Å². The van der Waals surface area contributed by atoms with E-state index in [9.17, 15) is 0 Å². The fourth-order valence-electron chi connectivity index (χ4n) is 2.03. The number of rotatable bonds is 2. The molecule has 1 aromatic carbocycles. The van der Waals surface area contributed by atoms with Crippen molar-refractivity contribution in [2.24, 2.45) is 0 Å². The second-order valence-electron chi connectivity index (χ2n) is 4.11. The summed E-state index contributed by atoms with van der Waals surface area (Å²) in [6.45, 7) is 0.918. The Bertz CT molecular complexity index is 579. The molecule has 0 amide bonds. The van der Waals surface area contributed by atoms with Gasteiger partial charge in [-0.25, -0.2) is 4.98 Å². The molecule has 5 heteroatoms. The maximum absolute atomic E-state index is 5.83. The fourth-order valence-corrected chi connectivity index (χ4v) is 2.03. The highest BCUT2D eigenvalue weighted by Crippen LogP contribution is 2.30. The number of anilines is 3. The van der Waals surface area contributed by atoms with Crippen LogP contribution in [0.5, 0.6) is 0 Å². The molecule has 0 saturated carbocycles. The van der Waals surface area contributed by atoms with Gasteiger partial charge in [-0.15, -0.1) is 0 Å². The molecular weight excluding hydrogens is 214 g/mol. The standard InChI is InChI=1S/C12H13N5/c13-11-8(5-16-12(14)17-11)4-7-2-1-3-10-9(7)6-15-10/h1-3,5,15H,4,6H2,(H4,13,14,16,17). The number of nitrogen functional groups attached to an aromatic ring is 2. The van der Waals surface area contributed by atoms with Gasteiger partial charge >= 0.3 is 0 Å². The molecule has 3 rings (SSSR count). The average molecular weight is 227 g/mol. The molecule has 0 atom stereocenters. The predicted octanol–water partition coefficient (Wildman–Crippen LogP) is 1.16. The molecule has 17 heavy (non-hydrogen) atoms. The molecule has 0 unspecified atom stereocenters. The molecule has 0 spiro atoms. The van der Waals surface area contributed by atoms with E-state index in [0.717, 1.165) is 18.5 Å². The summed E-state index contributed by atoms with van der Waals surface area (Å²) < 4.78 is 0. The van der Waals surface area contributed by atoms with Crippen LogP contribution in [0.25, 0.3) is 0 Å². The van der Waals surface area contributed by atoms with Crippen LogP contribution in [-0.2, 0) is 13.0 Å². The Morgan fingerprint density at radius 3 is 2.82 bits per heavy atom. The minimum Gasteiger partial charge on any atom is -0.383 e. The Morgan fingerprint density at radius 1 is 1.24 bits per heavy atom. The number of benzene rings is 1. The maximum atomic E-state index is 5.83. The third-order valence-electron chi connectivity index (χ3n) is 3.03. The summed E-state index contributed by atoms with van der Waals surface area (Å²) in [5.41, 5.74) is 16.0. The minimum absolute atomic E-state index is 0.217. The third kappa shape index (κ3) is 1.65. The molecule has 2 heterocycles. The Morgan fingerprint density at radius 2 is 2.12 bits per heavy atom. The normalized spacial score (nSPS) is 12.5. The molecule has 86 valence electrons. The first-order valence-corrected chi connectivity index (χ1v) is 5.45. The highest BCUT2D eigenvalue weighted by Gasteiger charge is 2.16. The number of nitrogens with zero attached hydrogens (tertiary/aromatic N) is 2. The van der Waals surface area contributed by atoms with Crippen molar-refractivity contribution in [2.45, 2.75) is 13.0 Å². The largest absolute Gasteiger partial charge is 0.383 e. The summed E-state index contributed by atoms with van der Waals surface area (Å²) in [4.78, 5) is 7.95. The lowest BCUT2D eigenvalue weighted by atomic mass is 9.95. The van der Waals surface area contributed by atoms with Crippen molar-refractivity contribution in [3.63, 3.8) is 0 Å². The summed E-state index contributed by atoms with van der Waals surface area (Å²) in [6, 6.07) is 6.22. The molecule has 0 radical (unpaired) electrons. The number of fused-ring (bicyclic) bond motifs is 1. The van der Waals surface area contributed by atoms with E-state index in [1.54, 1.807) is 6.20 Å². The topological polar surface area (TPSA) is 89.8 Å². The van der Waals surface area contributed by atoms with Gasteiger partial charge in [-0.3, -0.25) is 0 Å². The molecule has 0 bridgehead atoms. The van der Waals surface area contributed by atoms with E-state index >= 15 is 0 Å². The third-order valence-corrected chi connectivity index (χ3v) is 3.03. The zero-order valence-electron chi connectivity index (χ0n) is 9.27. The summed E-state index contributed by atoms with van der Waals surface area (Å²) in [5, 5.41) is 3.26. The second kappa shape index (κ2) is 3.62. The Labute approximate surface area is 98.9 Å². The second-order valence-corrected chi connectivity index (χ2v) is 4.11. The summed E-state index contributed by atoms with van der Waals surface area (Å²) in [7, 11) is 0. The van der Waals surface area contributed by atoms with Crippen LogP contribution in [0.15, 0.2) is 24.4 Å². The highest BCUT2D eigenvalue weighted by atomic mass is 15.0. The number of nitrogens with one attached hydrogen (secondary N) is 1. The van der Waals surface area contributed by atoms with Gasteiger partial charge in [0.05, 0.1) is 0 Å². The van der Waals surface area contributed by atoms with Crippen LogP contribution in [0.4, 0.5) is 17.5 Å². The minimum atomic E-state index is 0.217. The van der Waals surface area contributed by atoms with Crippen LogP contribution in [0.3, 0.4) is 0 Å². The van der Waals surface area contributed by atoms with Crippen molar-refractivity contribution in [1.29, 1.82) is 0 Å². The van der Waals surface area contributed by atoms with Gasteiger partial charge in [0.1, 0.15) is 5.82 Å². The van der Waals surface area contributed by atoms with Gasteiger partial charge in [-0.1, -0.05) is 12.1 Å². The number of hydrogen-bond acceptors (Lipinski definition) is 5. The van der Waals surface area contributed by atoms with Crippen LogP contribution >= 0.6 is 0 Å². The first-order valence-electron chi connectivity index (χ1n) is 5.45. The fraction of sp³-hybridized carbons (Fsp3) is 0.167. The SMILES string of the molecule is Nc1ncc(Cc2cccc3c2CN3)c(N)n1. The van der Waals surface area contributed by atoms with Crippen molar-refractivity contribution < 1.29 is 0 Å². The molecule has 0 fully saturated rings. The Balaban J connectivity index is 1.94. The van der Waals surface area contributed by atoms with Crippen molar-refractivity contribution in [1.82, 2.24) is 9.97 Å². The van der Waals surface area contributed by atoms with Crippen molar-refractivity contribution in [3.05, 3.63) is 41.1 Å². The van der Waals surface area contributed by atoms with E-state index in [1.165, 1.54) is 16.8 Å². The van der Waals surface area contributed by atoms with Gasteiger partial charge in [0, 0.05) is 30.4 Å². The molecule has 1 aliphatic heterocycles. The van der Waals surface area contributed by atoms with Crippen molar-refractivity contribution >= 4 is 17.5 Å². The smallest absolute Gasteiger partial charge is 0.221 e. The monoisotopic (exact) mass is 227 g/mol. The highest BCUT2D eigenvalue weighted by molar-refractivity contribution is 5.63. The number of hydrogen-bond donors (Lipinski definition) is 3. The quantitative estimate of drug-likeness (QED) is 0.716. The van der Waals surface area contributed by atoms with Crippen molar-refractivity contribution in [2.75, 3.05) is 16.8 Å². The van der Waals surface area contributed by atoms with E-state index in [0.29, 0.717) is 5.82 Å². The maximum Gasteiger partial charge on any atom is 0.221 e. The molecule has 2 aromatic rings. The average Bonchev–Trinajstić information content (AvgIpc) is 2.25. The summed E-state index contributed by atoms with van der Waals surface area (Å²) >= 11 is 0. The van der Waals surface area contributed by atoms with Crippen LogP contribution < -0.4 is 16.8 Å². The van der Waals surface area contributed by atoms with Crippen LogP contribution in [0.1, 0.15) is 16.7 Å². The lowest BCUT2D eigenvalue weighted by Gasteiger charge is -2.24. The van der Waals surface area contributed by atoms with Gasteiger partial charge in [-0.2, -0.15) is 4.98 Å². The molecule has 5 N–H and O–H groups in total. The lowest BCUT2D eigenvalue weighted by Crippen LogP contribution is -2.16. The van der Waals surface area contributed by atoms with Crippen LogP contribution in [-0.4, -0.2) is 9.97 Å². The first-order chi connectivity index (χ1) is 8.24. The van der Waals surface area contributed by atoms with Gasteiger partial charge in [0.2, 0.25) is 5.95 Å². The van der Waals surface area contributed by atoms with E-state index in [-0.39, 0.29) is 5.95 Å². The molecule has 0 saturated heterocycles. The van der Waals surface area contributed by atoms with E-state index < -0.39 is 0 Å². The van der Waals surface area contributed by atoms with Gasteiger partial charge in [0.15, 0.2) is 0 Å². The van der Waals surface area contributed by atoms with E-state index in [2.05, 4.69) is 27.4 Å². The molecule has 0 aliphatic carbocycles. The number of nitrogens with two attached hydrogens (primary N) is 2. The van der Waals surface area contributed by atoms with Crippen molar-refractivity contribution in [3.8, 4) is 0 Å². The molecule has 5 nitrogen and oxygen atoms in total. The number of aromatic nitrogens is 2. The zero-order chi connectivity index (χ0) is 11.8. The van der Waals surface area contributed by atoms with Crippen LogP contribution in [0, 0.1) is 0 Å². The Hall–Kier alpha value is -2.30.